The summed E-state index contributed by atoms with van der Waals surface area (Å²) in [5.74, 6) is 0.690. The molecule has 1 aliphatic carbocycles. The second-order valence-corrected chi connectivity index (χ2v) is 4.21. The normalized spacial score (nSPS) is 27.7. The van der Waals surface area contributed by atoms with E-state index in [1.807, 2.05) is 0 Å². The Hall–Kier alpha value is -0.280. The summed E-state index contributed by atoms with van der Waals surface area (Å²) in [6, 6.07) is 0.314. The first-order valence-corrected chi connectivity index (χ1v) is 5.52. The minimum Gasteiger partial charge on any atom is -0.469 e. The molecule has 1 fully saturated rings. The van der Waals surface area contributed by atoms with Crippen molar-refractivity contribution >= 4 is 18.4 Å². The van der Waals surface area contributed by atoms with Gasteiger partial charge in [0.1, 0.15) is 0 Å². The highest BCUT2D eigenvalue weighted by Gasteiger charge is 2.28. The quantitative estimate of drug-likeness (QED) is 0.763. The Kier molecular flexibility index (Phi) is 6.94. The number of methoxy groups -OCH3 is 1. The van der Waals surface area contributed by atoms with Crippen LogP contribution in [-0.2, 0) is 9.53 Å². The van der Waals surface area contributed by atoms with Gasteiger partial charge in [0.2, 0.25) is 0 Å². The van der Waals surface area contributed by atoms with Crippen LogP contribution in [0, 0.1) is 11.8 Å². The molecule has 1 rings (SSSR count). The molecule has 2 N–H and O–H groups in total. The molecular weight excluding hydrogens is 214 g/mol. The second-order valence-electron chi connectivity index (χ2n) is 4.21. The summed E-state index contributed by atoms with van der Waals surface area (Å²) < 4.78 is 4.74. The molecule has 0 aliphatic heterocycles. The number of carbonyl (C=O) groups excluding carboxylic acids is 1. The Morgan fingerprint density at radius 1 is 1.40 bits per heavy atom. The Bertz CT molecular complexity index is 191. The molecule has 15 heavy (non-hydrogen) atoms. The standard InChI is InChI=1S/C11H21NO2.ClH/c1-3-10(12)8-4-6-9(7-5-8)11(13)14-2;/h8-10H,3-7,12H2,1-2H3;1H/t8?,9?,10-;/m1./s1. The zero-order valence-corrected chi connectivity index (χ0v) is 10.4. The molecule has 0 bridgehead atoms. The first-order valence-electron chi connectivity index (χ1n) is 5.52. The van der Waals surface area contributed by atoms with E-state index >= 15 is 0 Å². The highest BCUT2D eigenvalue weighted by molar-refractivity contribution is 5.85. The average Bonchev–Trinajstić information content (AvgIpc) is 2.27. The van der Waals surface area contributed by atoms with E-state index in [9.17, 15) is 4.79 Å². The van der Waals surface area contributed by atoms with Crippen molar-refractivity contribution in [3.63, 3.8) is 0 Å². The number of hydrogen-bond acceptors (Lipinski definition) is 3. The zero-order chi connectivity index (χ0) is 10.6. The van der Waals surface area contributed by atoms with E-state index in [1.165, 1.54) is 7.11 Å². The maximum Gasteiger partial charge on any atom is 0.308 e. The monoisotopic (exact) mass is 235 g/mol. The Balaban J connectivity index is 0.00000196. The number of ether oxygens (including phenoxy) is 1. The maximum atomic E-state index is 11.3. The lowest BCUT2D eigenvalue weighted by Crippen LogP contribution is -2.34. The van der Waals surface area contributed by atoms with Gasteiger partial charge in [-0.15, -0.1) is 12.4 Å². The van der Waals surface area contributed by atoms with Gasteiger partial charge < -0.3 is 10.5 Å². The van der Waals surface area contributed by atoms with Crippen LogP contribution >= 0.6 is 12.4 Å². The molecule has 1 aliphatic rings. The molecule has 0 unspecified atom stereocenters. The Morgan fingerprint density at radius 3 is 2.33 bits per heavy atom. The number of nitrogens with two attached hydrogens (primary N) is 1. The number of esters is 1. The lowest BCUT2D eigenvalue weighted by atomic mass is 9.78. The summed E-state index contributed by atoms with van der Waals surface area (Å²) >= 11 is 0. The van der Waals surface area contributed by atoms with Crippen LogP contribution in [-0.4, -0.2) is 19.1 Å². The van der Waals surface area contributed by atoms with E-state index in [1.54, 1.807) is 0 Å². The largest absolute Gasteiger partial charge is 0.469 e. The van der Waals surface area contributed by atoms with Gasteiger partial charge in [-0.05, 0) is 38.0 Å². The molecule has 1 saturated carbocycles. The molecule has 0 saturated heterocycles. The Labute approximate surface area is 98.2 Å². The highest BCUT2D eigenvalue weighted by atomic mass is 35.5. The lowest BCUT2D eigenvalue weighted by molar-refractivity contribution is -0.146. The average molecular weight is 236 g/mol. The predicted octanol–water partition coefficient (Wildman–Crippen LogP) is 2.12. The smallest absolute Gasteiger partial charge is 0.308 e. The van der Waals surface area contributed by atoms with Gasteiger partial charge >= 0.3 is 5.97 Å². The molecule has 90 valence electrons. The highest BCUT2D eigenvalue weighted by Crippen LogP contribution is 2.31. The van der Waals surface area contributed by atoms with Gasteiger partial charge in [-0.2, -0.15) is 0 Å². The van der Waals surface area contributed by atoms with Crippen LogP contribution in [0.1, 0.15) is 39.0 Å². The minimum atomic E-state index is -0.0477. The SMILES string of the molecule is CC[C@@H](N)C1CCC(C(=O)OC)CC1.Cl. The zero-order valence-electron chi connectivity index (χ0n) is 9.57. The van der Waals surface area contributed by atoms with Gasteiger partial charge in [-0.3, -0.25) is 4.79 Å². The number of carbonyl (C=O) groups is 1. The molecule has 0 heterocycles. The van der Waals surface area contributed by atoms with Crippen LogP contribution in [0.2, 0.25) is 0 Å². The molecule has 0 aromatic carbocycles. The van der Waals surface area contributed by atoms with E-state index in [2.05, 4.69) is 6.92 Å². The third-order valence-corrected chi connectivity index (χ3v) is 3.38. The first kappa shape index (κ1) is 14.7. The fourth-order valence-electron chi connectivity index (χ4n) is 2.28. The van der Waals surface area contributed by atoms with E-state index in [4.69, 9.17) is 10.5 Å². The first-order chi connectivity index (χ1) is 6.69. The molecule has 3 nitrogen and oxygen atoms in total. The molecule has 0 radical (unpaired) electrons. The molecule has 1 atom stereocenters. The fraction of sp³-hybridized carbons (Fsp3) is 0.909. The second kappa shape index (κ2) is 7.07. The number of halogens is 1. The van der Waals surface area contributed by atoms with Gasteiger partial charge in [0.25, 0.3) is 0 Å². The van der Waals surface area contributed by atoms with E-state index in [0.29, 0.717) is 12.0 Å². The lowest BCUT2D eigenvalue weighted by Gasteiger charge is -2.30. The molecule has 0 spiro atoms. The van der Waals surface area contributed by atoms with E-state index in [0.717, 1.165) is 32.1 Å². The number of rotatable bonds is 3. The molecule has 0 aromatic heterocycles. The summed E-state index contributed by atoms with van der Waals surface area (Å²) in [5, 5.41) is 0. The van der Waals surface area contributed by atoms with Crippen molar-refractivity contribution in [3.05, 3.63) is 0 Å². The Morgan fingerprint density at radius 2 is 1.93 bits per heavy atom. The van der Waals surface area contributed by atoms with Crippen molar-refractivity contribution in [2.75, 3.05) is 7.11 Å². The minimum absolute atomic E-state index is 0. The van der Waals surface area contributed by atoms with Crippen molar-refractivity contribution in [2.24, 2.45) is 17.6 Å². The summed E-state index contributed by atoms with van der Waals surface area (Å²) in [4.78, 5) is 11.3. The van der Waals surface area contributed by atoms with E-state index in [-0.39, 0.29) is 24.3 Å². The molecule has 0 aromatic rings. The third kappa shape index (κ3) is 3.99. The van der Waals surface area contributed by atoms with Crippen molar-refractivity contribution in [1.29, 1.82) is 0 Å². The van der Waals surface area contributed by atoms with Gasteiger partial charge in [0.15, 0.2) is 0 Å². The summed E-state index contributed by atoms with van der Waals surface area (Å²) in [6.07, 6.45) is 5.09. The van der Waals surface area contributed by atoms with Crippen LogP contribution in [0.15, 0.2) is 0 Å². The van der Waals surface area contributed by atoms with Crippen molar-refractivity contribution in [3.8, 4) is 0 Å². The van der Waals surface area contributed by atoms with Crippen LogP contribution in [0.5, 0.6) is 0 Å². The van der Waals surface area contributed by atoms with Crippen LogP contribution < -0.4 is 5.73 Å². The van der Waals surface area contributed by atoms with Gasteiger partial charge in [-0.1, -0.05) is 6.92 Å². The molecule has 4 heteroatoms. The van der Waals surface area contributed by atoms with E-state index < -0.39 is 0 Å². The van der Waals surface area contributed by atoms with Crippen molar-refractivity contribution in [2.45, 2.75) is 45.1 Å². The van der Waals surface area contributed by atoms with Crippen LogP contribution in [0.3, 0.4) is 0 Å². The summed E-state index contributed by atoms with van der Waals surface area (Å²) in [6.45, 7) is 2.12. The maximum absolute atomic E-state index is 11.3. The van der Waals surface area contributed by atoms with Gasteiger partial charge in [0, 0.05) is 6.04 Å². The topological polar surface area (TPSA) is 52.3 Å². The van der Waals surface area contributed by atoms with Gasteiger partial charge in [0.05, 0.1) is 13.0 Å². The number of hydrogen-bond donors (Lipinski definition) is 1. The fourth-order valence-corrected chi connectivity index (χ4v) is 2.28. The molecule has 0 amide bonds. The van der Waals surface area contributed by atoms with Crippen molar-refractivity contribution in [1.82, 2.24) is 0 Å². The molecular formula is C11H22ClNO2. The van der Waals surface area contributed by atoms with Gasteiger partial charge in [-0.25, -0.2) is 0 Å². The van der Waals surface area contributed by atoms with Crippen LogP contribution in [0.25, 0.3) is 0 Å². The summed E-state index contributed by atoms with van der Waals surface area (Å²) in [7, 11) is 1.46. The summed E-state index contributed by atoms with van der Waals surface area (Å²) in [5.41, 5.74) is 5.99. The van der Waals surface area contributed by atoms with Crippen molar-refractivity contribution < 1.29 is 9.53 Å². The van der Waals surface area contributed by atoms with Crippen LogP contribution in [0.4, 0.5) is 0 Å². The third-order valence-electron chi connectivity index (χ3n) is 3.38. The predicted molar refractivity (Wildman–Crippen MR) is 63.0 cm³/mol.